The number of fused-ring (bicyclic) bond motifs is 2. The van der Waals surface area contributed by atoms with Gasteiger partial charge in [-0.05, 0) is 18.8 Å². The van der Waals surface area contributed by atoms with E-state index in [9.17, 15) is 9.59 Å². The summed E-state index contributed by atoms with van der Waals surface area (Å²) < 4.78 is 0. The predicted molar refractivity (Wildman–Crippen MR) is 49.1 cm³/mol. The lowest BCUT2D eigenvalue weighted by molar-refractivity contribution is -0.140. The van der Waals surface area contributed by atoms with Gasteiger partial charge in [0.1, 0.15) is 11.6 Å². The molecule has 2 rings (SSSR count). The summed E-state index contributed by atoms with van der Waals surface area (Å²) in [5.74, 6) is 0.398. The number of carbonyl (C=O) groups excluding carboxylic acids is 2. The van der Waals surface area contributed by atoms with Gasteiger partial charge in [-0.15, -0.1) is 0 Å². The van der Waals surface area contributed by atoms with Crippen LogP contribution >= 0.6 is 0 Å². The first kappa shape index (κ1) is 8.67. The average Bonchev–Trinajstić information content (AvgIpc) is 2.21. The molecule has 0 N–H and O–H groups in total. The fourth-order valence-electron chi connectivity index (χ4n) is 2.37. The SMILES string of the molecule is CC1CC(=O)C2CC=CCC1C2=O. The third-order valence-electron chi connectivity index (χ3n) is 3.24. The van der Waals surface area contributed by atoms with Crippen molar-refractivity contribution in [2.24, 2.45) is 17.8 Å². The van der Waals surface area contributed by atoms with E-state index in [0.717, 1.165) is 6.42 Å². The zero-order valence-corrected chi connectivity index (χ0v) is 7.82. The van der Waals surface area contributed by atoms with Gasteiger partial charge in [0.25, 0.3) is 0 Å². The second kappa shape index (κ2) is 3.09. The maximum Gasteiger partial charge on any atom is 0.147 e. The van der Waals surface area contributed by atoms with Crippen LogP contribution < -0.4 is 0 Å². The standard InChI is InChI=1S/C11H14O2/c1-7-6-10(12)9-5-3-2-4-8(7)11(9)13/h2-3,7-9H,4-6H2,1H3. The van der Waals surface area contributed by atoms with Crippen LogP contribution in [-0.4, -0.2) is 11.6 Å². The Morgan fingerprint density at radius 3 is 2.69 bits per heavy atom. The molecule has 0 heterocycles. The number of carbonyl (C=O) groups is 2. The van der Waals surface area contributed by atoms with Crippen molar-refractivity contribution in [1.29, 1.82) is 0 Å². The molecule has 2 nitrogen and oxygen atoms in total. The number of rotatable bonds is 0. The zero-order valence-electron chi connectivity index (χ0n) is 7.82. The fraction of sp³-hybridized carbons (Fsp3) is 0.636. The van der Waals surface area contributed by atoms with Crippen LogP contribution in [0.5, 0.6) is 0 Å². The van der Waals surface area contributed by atoms with Crippen LogP contribution in [0.4, 0.5) is 0 Å². The zero-order chi connectivity index (χ0) is 9.42. The Morgan fingerprint density at radius 2 is 1.92 bits per heavy atom. The van der Waals surface area contributed by atoms with Crippen molar-refractivity contribution in [2.45, 2.75) is 26.2 Å². The van der Waals surface area contributed by atoms with Crippen molar-refractivity contribution in [1.82, 2.24) is 0 Å². The quantitative estimate of drug-likeness (QED) is 0.418. The Hall–Kier alpha value is -0.920. The van der Waals surface area contributed by atoms with E-state index in [2.05, 4.69) is 6.08 Å². The summed E-state index contributed by atoms with van der Waals surface area (Å²) in [6.45, 7) is 2.01. The van der Waals surface area contributed by atoms with Crippen LogP contribution in [0.15, 0.2) is 12.2 Å². The molecule has 2 bridgehead atoms. The topological polar surface area (TPSA) is 34.1 Å². The van der Waals surface area contributed by atoms with E-state index in [1.807, 2.05) is 13.0 Å². The van der Waals surface area contributed by atoms with Crippen LogP contribution in [0.2, 0.25) is 0 Å². The van der Waals surface area contributed by atoms with Gasteiger partial charge in [-0.25, -0.2) is 0 Å². The molecule has 2 heteroatoms. The highest BCUT2D eigenvalue weighted by atomic mass is 16.2. The van der Waals surface area contributed by atoms with Crippen molar-refractivity contribution in [3.8, 4) is 0 Å². The fourth-order valence-corrected chi connectivity index (χ4v) is 2.37. The summed E-state index contributed by atoms with van der Waals surface area (Å²) in [4.78, 5) is 23.3. The summed E-state index contributed by atoms with van der Waals surface area (Å²) in [5.41, 5.74) is 0. The lowest BCUT2D eigenvalue weighted by Gasteiger charge is -2.29. The van der Waals surface area contributed by atoms with Gasteiger partial charge in [-0.3, -0.25) is 9.59 Å². The highest BCUT2D eigenvalue weighted by molar-refractivity contribution is 6.06. The van der Waals surface area contributed by atoms with Crippen LogP contribution in [0.1, 0.15) is 26.2 Å². The van der Waals surface area contributed by atoms with Crippen molar-refractivity contribution < 1.29 is 9.59 Å². The molecule has 3 unspecified atom stereocenters. The number of Topliss-reactive ketones (excluding diaryl/α,β-unsaturated/α-hetero) is 2. The highest BCUT2D eigenvalue weighted by Crippen LogP contribution is 2.34. The van der Waals surface area contributed by atoms with E-state index in [-0.39, 0.29) is 29.3 Å². The van der Waals surface area contributed by atoms with Crippen molar-refractivity contribution in [3.63, 3.8) is 0 Å². The van der Waals surface area contributed by atoms with Gasteiger partial charge in [-0.2, -0.15) is 0 Å². The number of allylic oxidation sites excluding steroid dienone is 2. The van der Waals surface area contributed by atoms with Gasteiger partial charge < -0.3 is 0 Å². The largest absolute Gasteiger partial charge is 0.299 e. The normalized spacial score (nSPS) is 39.0. The maximum absolute atomic E-state index is 11.8. The Labute approximate surface area is 78.0 Å². The second-order valence-electron chi connectivity index (χ2n) is 4.15. The summed E-state index contributed by atoms with van der Waals surface area (Å²) >= 11 is 0. The molecular weight excluding hydrogens is 164 g/mol. The van der Waals surface area contributed by atoms with Crippen molar-refractivity contribution in [3.05, 3.63) is 12.2 Å². The molecule has 0 aliphatic heterocycles. The Balaban J connectivity index is 2.32. The molecule has 0 aromatic carbocycles. The minimum atomic E-state index is -0.306. The molecule has 0 spiro atoms. The molecule has 3 atom stereocenters. The summed E-state index contributed by atoms with van der Waals surface area (Å²) in [6.07, 6.45) is 6.11. The van der Waals surface area contributed by atoms with E-state index < -0.39 is 0 Å². The van der Waals surface area contributed by atoms with Crippen LogP contribution in [0, 0.1) is 17.8 Å². The molecule has 2 aliphatic rings. The number of hydrogen-bond acceptors (Lipinski definition) is 2. The smallest absolute Gasteiger partial charge is 0.147 e. The van der Waals surface area contributed by atoms with E-state index in [4.69, 9.17) is 0 Å². The highest BCUT2D eigenvalue weighted by Gasteiger charge is 2.40. The minimum Gasteiger partial charge on any atom is -0.299 e. The maximum atomic E-state index is 11.8. The first-order valence-electron chi connectivity index (χ1n) is 4.91. The second-order valence-corrected chi connectivity index (χ2v) is 4.15. The van der Waals surface area contributed by atoms with Gasteiger partial charge in [0.15, 0.2) is 0 Å². The Morgan fingerprint density at radius 1 is 1.23 bits per heavy atom. The predicted octanol–water partition coefficient (Wildman–Crippen LogP) is 1.75. The summed E-state index contributed by atoms with van der Waals surface area (Å²) in [7, 11) is 0. The van der Waals surface area contributed by atoms with E-state index in [0.29, 0.717) is 12.8 Å². The third-order valence-corrected chi connectivity index (χ3v) is 3.24. The monoisotopic (exact) mass is 178 g/mol. The molecular formula is C11H14O2. The third kappa shape index (κ3) is 1.34. The average molecular weight is 178 g/mol. The Kier molecular flexibility index (Phi) is 2.06. The lowest BCUT2D eigenvalue weighted by Crippen LogP contribution is -2.38. The molecule has 0 amide bonds. The Bertz CT molecular complexity index is 278. The first-order chi connectivity index (χ1) is 6.20. The van der Waals surface area contributed by atoms with Crippen LogP contribution in [0.25, 0.3) is 0 Å². The molecule has 0 aromatic rings. The van der Waals surface area contributed by atoms with E-state index >= 15 is 0 Å². The van der Waals surface area contributed by atoms with Gasteiger partial charge >= 0.3 is 0 Å². The molecule has 1 saturated carbocycles. The molecule has 70 valence electrons. The summed E-state index contributed by atoms with van der Waals surface area (Å²) in [5, 5.41) is 0. The van der Waals surface area contributed by atoms with E-state index in [1.165, 1.54) is 0 Å². The molecule has 1 fully saturated rings. The molecule has 2 aliphatic carbocycles. The number of ketones is 2. The first-order valence-corrected chi connectivity index (χ1v) is 4.91. The summed E-state index contributed by atoms with van der Waals surface area (Å²) in [6, 6.07) is 0. The number of hydrogen-bond donors (Lipinski definition) is 0. The molecule has 0 saturated heterocycles. The van der Waals surface area contributed by atoms with Gasteiger partial charge in [0.2, 0.25) is 0 Å². The van der Waals surface area contributed by atoms with Crippen molar-refractivity contribution in [2.75, 3.05) is 0 Å². The van der Waals surface area contributed by atoms with Crippen molar-refractivity contribution >= 4 is 11.6 Å². The molecule has 0 radical (unpaired) electrons. The minimum absolute atomic E-state index is 0.112. The van der Waals surface area contributed by atoms with Crippen LogP contribution in [0.3, 0.4) is 0 Å². The van der Waals surface area contributed by atoms with Gasteiger partial charge in [0.05, 0.1) is 5.92 Å². The molecule has 0 aromatic heterocycles. The van der Waals surface area contributed by atoms with Gasteiger partial charge in [0, 0.05) is 12.3 Å². The lowest BCUT2D eigenvalue weighted by atomic mass is 9.72. The molecule has 13 heavy (non-hydrogen) atoms. The van der Waals surface area contributed by atoms with Gasteiger partial charge in [-0.1, -0.05) is 19.1 Å². The van der Waals surface area contributed by atoms with E-state index in [1.54, 1.807) is 0 Å². The van der Waals surface area contributed by atoms with Crippen LogP contribution in [-0.2, 0) is 9.59 Å².